The maximum atomic E-state index is 11.5. The largest absolute Gasteiger partial charge is 0.410 e. The van der Waals surface area contributed by atoms with Gasteiger partial charge < -0.3 is 9.53 Å². The first-order valence-corrected chi connectivity index (χ1v) is 12.7. The highest BCUT2D eigenvalue weighted by atomic mass is 32.2. The quantitative estimate of drug-likeness (QED) is 0.436. The Kier molecular flexibility index (Phi) is 6.55. The average Bonchev–Trinajstić information content (AvgIpc) is 2.44. The molecule has 0 aromatic heterocycles. The lowest BCUT2D eigenvalue weighted by Gasteiger charge is -2.36. The van der Waals surface area contributed by atoms with Crippen molar-refractivity contribution >= 4 is 18.2 Å². The van der Waals surface area contributed by atoms with Gasteiger partial charge in [-0.3, -0.25) is 10.1 Å². The predicted molar refractivity (Wildman–Crippen MR) is 98.4 cm³/mol. The van der Waals surface area contributed by atoms with Gasteiger partial charge in [0.15, 0.2) is 18.2 Å². The summed E-state index contributed by atoms with van der Waals surface area (Å²) >= 11 is 0. The fraction of sp³-hybridized carbons (Fsp3) is 0.625. The van der Waals surface area contributed by atoms with Crippen LogP contribution in [0.25, 0.3) is 0 Å². The van der Waals surface area contributed by atoms with Gasteiger partial charge in [0.05, 0.1) is 4.90 Å². The van der Waals surface area contributed by atoms with Crippen molar-refractivity contribution < 1.29 is 22.9 Å². The third kappa shape index (κ3) is 5.60. The first-order valence-electron chi connectivity index (χ1n) is 7.92. The summed E-state index contributed by atoms with van der Waals surface area (Å²) in [7, 11) is -5.55. The smallest absolute Gasteiger partial charge is 0.264 e. The number of aliphatic hydroxyl groups excluding tert-OH is 1. The number of nitrogens with zero attached hydrogens (tertiary/aromatic N) is 1. The van der Waals surface area contributed by atoms with E-state index < -0.39 is 35.2 Å². The molecule has 1 N–H and O–H groups in total. The minimum atomic E-state index is -3.36. The summed E-state index contributed by atoms with van der Waals surface area (Å²) in [5.41, 5.74) is 0.285. The summed E-state index contributed by atoms with van der Waals surface area (Å²) in [5.74, 6) is 0. The van der Waals surface area contributed by atoms with E-state index in [1.54, 1.807) is 0 Å². The second-order valence-electron chi connectivity index (χ2n) is 7.71. The predicted octanol–water partition coefficient (Wildman–Crippen LogP) is 2.79. The van der Waals surface area contributed by atoms with Crippen molar-refractivity contribution in [2.45, 2.75) is 55.9 Å². The van der Waals surface area contributed by atoms with Crippen LogP contribution in [0.5, 0.6) is 0 Å². The Balaban J connectivity index is 2.98. The number of nitro groups is 1. The third-order valence-electron chi connectivity index (χ3n) is 4.71. The molecule has 0 aliphatic heterocycles. The standard InChI is InChI=1S/C16H27NO6SSi/c1-16(2,3)25(5,6)23-11-14(17(19)20)15(18)12-7-9-13(10-8-12)24(4,21)22/h7-10,14-15,18H,11H2,1-6H3/t14-,15-/m1/s1. The highest BCUT2D eigenvalue weighted by Crippen LogP contribution is 2.37. The molecule has 0 spiro atoms. The molecular formula is C16H27NO6SSi. The van der Waals surface area contributed by atoms with E-state index in [2.05, 4.69) is 0 Å². The maximum Gasteiger partial charge on any atom is 0.264 e. The van der Waals surface area contributed by atoms with Crippen molar-refractivity contribution in [2.24, 2.45) is 0 Å². The summed E-state index contributed by atoms with van der Waals surface area (Å²) in [6.45, 7) is 9.86. The van der Waals surface area contributed by atoms with E-state index in [1.165, 1.54) is 24.3 Å². The van der Waals surface area contributed by atoms with Gasteiger partial charge in [-0.2, -0.15) is 0 Å². The maximum absolute atomic E-state index is 11.5. The molecule has 1 rings (SSSR count). The molecular weight excluding hydrogens is 362 g/mol. The van der Waals surface area contributed by atoms with Gasteiger partial charge in [0.1, 0.15) is 12.7 Å². The molecule has 0 unspecified atom stereocenters. The van der Waals surface area contributed by atoms with Gasteiger partial charge in [-0.05, 0) is 35.8 Å². The monoisotopic (exact) mass is 389 g/mol. The van der Waals surface area contributed by atoms with Gasteiger partial charge in [-0.15, -0.1) is 0 Å². The van der Waals surface area contributed by atoms with Gasteiger partial charge in [-0.1, -0.05) is 32.9 Å². The molecule has 0 aliphatic carbocycles. The first-order chi connectivity index (χ1) is 11.2. The van der Waals surface area contributed by atoms with Crippen molar-refractivity contribution in [1.29, 1.82) is 0 Å². The van der Waals surface area contributed by atoms with Crippen LogP contribution in [0.15, 0.2) is 29.2 Å². The minimum absolute atomic E-state index is 0.0960. The van der Waals surface area contributed by atoms with Crippen LogP contribution >= 0.6 is 0 Å². The summed E-state index contributed by atoms with van der Waals surface area (Å²) in [6.07, 6.45) is -0.306. The molecule has 0 amide bonds. The number of sulfone groups is 1. The van der Waals surface area contributed by atoms with Gasteiger partial charge >= 0.3 is 0 Å². The van der Waals surface area contributed by atoms with E-state index >= 15 is 0 Å². The molecule has 9 heteroatoms. The molecule has 7 nitrogen and oxygen atoms in total. The van der Waals surface area contributed by atoms with E-state index in [0.29, 0.717) is 0 Å². The molecule has 142 valence electrons. The van der Waals surface area contributed by atoms with E-state index in [4.69, 9.17) is 4.43 Å². The Morgan fingerprint density at radius 2 is 1.72 bits per heavy atom. The number of hydrogen-bond donors (Lipinski definition) is 1. The summed E-state index contributed by atoms with van der Waals surface area (Å²) in [6, 6.07) is 4.13. The van der Waals surface area contributed by atoms with Crippen molar-refractivity contribution in [2.75, 3.05) is 12.9 Å². The van der Waals surface area contributed by atoms with Gasteiger partial charge in [0.2, 0.25) is 0 Å². The molecule has 1 aromatic carbocycles. The molecule has 0 saturated carbocycles. The Morgan fingerprint density at radius 1 is 1.24 bits per heavy atom. The zero-order valence-electron chi connectivity index (χ0n) is 15.5. The average molecular weight is 390 g/mol. The molecule has 0 aliphatic rings. The number of hydrogen-bond acceptors (Lipinski definition) is 6. The number of aliphatic hydroxyl groups is 1. The van der Waals surface area contributed by atoms with E-state index in [0.717, 1.165) is 6.26 Å². The zero-order chi connectivity index (χ0) is 19.6. The number of rotatable bonds is 7. The second-order valence-corrected chi connectivity index (χ2v) is 14.5. The highest BCUT2D eigenvalue weighted by molar-refractivity contribution is 7.90. The van der Waals surface area contributed by atoms with Crippen LogP contribution in [-0.2, 0) is 14.3 Å². The molecule has 0 bridgehead atoms. The van der Waals surface area contributed by atoms with Crippen LogP contribution in [0.2, 0.25) is 18.1 Å². The van der Waals surface area contributed by atoms with Gasteiger partial charge in [0.25, 0.3) is 6.04 Å². The van der Waals surface area contributed by atoms with Crippen molar-refractivity contribution in [3.8, 4) is 0 Å². The summed E-state index contributed by atoms with van der Waals surface area (Å²) < 4.78 is 28.8. The highest BCUT2D eigenvalue weighted by Gasteiger charge is 2.40. The fourth-order valence-corrected chi connectivity index (χ4v) is 3.56. The van der Waals surface area contributed by atoms with Crippen LogP contribution in [0.3, 0.4) is 0 Å². The summed E-state index contributed by atoms with van der Waals surface area (Å²) in [4.78, 5) is 10.9. The lowest BCUT2D eigenvalue weighted by molar-refractivity contribution is -0.538. The van der Waals surface area contributed by atoms with E-state index in [9.17, 15) is 23.6 Å². The van der Waals surface area contributed by atoms with Crippen LogP contribution in [0.4, 0.5) is 0 Å². The van der Waals surface area contributed by atoms with Crippen molar-refractivity contribution in [3.05, 3.63) is 39.9 Å². The Morgan fingerprint density at radius 3 is 2.08 bits per heavy atom. The molecule has 2 atom stereocenters. The molecule has 0 heterocycles. The van der Waals surface area contributed by atoms with Crippen LogP contribution in [-0.4, -0.2) is 45.7 Å². The van der Waals surface area contributed by atoms with Crippen LogP contribution in [0.1, 0.15) is 32.4 Å². The van der Waals surface area contributed by atoms with Gasteiger partial charge in [0, 0.05) is 11.2 Å². The lowest BCUT2D eigenvalue weighted by atomic mass is 10.0. The molecule has 0 radical (unpaired) electrons. The molecule has 1 aromatic rings. The van der Waals surface area contributed by atoms with Crippen LogP contribution in [0, 0.1) is 10.1 Å². The molecule has 25 heavy (non-hydrogen) atoms. The van der Waals surface area contributed by atoms with Crippen LogP contribution < -0.4 is 0 Å². The normalized spacial score (nSPS) is 15.6. The number of benzene rings is 1. The van der Waals surface area contributed by atoms with Crippen molar-refractivity contribution in [3.63, 3.8) is 0 Å². The topological polar surface area (TPSA) is 107 Å². The molecule has 0 saturated heterocycles. The van der Waals surface area contributed by atoms with Gasteiger partial charge in [-0.25, -0.2) is 8.42 Å². The Hall–Kier alpha value is -1.29. The minimum Gasteiger partial charge on any atom is -0.410 e. The second kappa shape index (κ2) is 7.53. The molecule has 0 fully saturated rings. The Labute approximate surface area is 150 Å². The first kappa shape index (κ1) is 21.7. The van der Waals surface area contributed by atoms with E-state index in [-0.39, 0.29) is 22.1 Å². The SMILES string of the molecule is CC(C)(C)[Si](C)(C)OC[C@H]([C@H](O)c1ccc(S(C)(=O)=O)cc1)[N+](=O)[O-]. The van der Waals surface area contributed by atoms with Crippen molar-refractivity contribution in [1.82, 2.24) is 0 Å². The lowest BCUT2D eigenvalue weighted by Crippen LogP contribution is -2.45. The Bertz CT molecular complexity index is 709. The third-order valence-corrected chi connectivity index (χ3v) is 10.3. The zero-order valence-corrected chi connectivity index (χ0v) is 17.3. The summed E-state index contributed by atoms with van der Waals surface area (Å²) in [5, 5.41) is 21.7. The fourth-order valence-electron chi connectivity index (χ4n) is 1.91. The van der Waals surface area contributed by atoms with E-state index in [1.807, 2.05) is 33.9 Å².